The van der Waals surface area contributed by atoms with Crippen molar-refractivity contribution < 1.29 is 4.74 Å². The number of nitrogens with two attached hydrogens (primary N) is 1. The quantitative estimate of drug-likeness (QED) is 0.414. The van der Waals surface area contributed by atoms with E-state index in [1.807, 2.05) is 25.2 Å². The molecule has 15 heavy (non-hydrogen) atoms. The average Bonchev–Trinajstić information content (AvgIpc) is 2.29. The lowest BCUT2D eigenvalue weighted by Crippen LogP contribution is -2.21. The SMILES string of the molecule is COCCCN(C)c1cccc(NN)n1. The number of nitrogens with zero attached hydrogens (tertiary/aromatic N) is 2. The van der Waals surface area contributed by atoms with Gasteiger partial charge in [0.05, 0.1) is 0 Å². The average molecular weight is 210 g/mol. The van der Waals surface area contributed by atoms with Crippen molar-refractivity contribution in [2.24, 2.45) is 5.84 Å². The van der Waals surface area contributed by atoms with E-state index in [-0.39, 0.29) is 0 Å². The van der Waals surface area contributed by atoms with Gasteiger partial charge in [-0.1, -0.05) is 6.07 Å². The smallest absolute Gasteiger partial charge is 0.142 e. The van der Waals surface area contributed by atoms with Crippen LogP contribution in [0.3, 0.4) is 0 Å². The number of rotatable bonds is 6. The van der Waals surface area contributed by atoms with Crippen LogP contribution >= 0.6 is 0 Å². The topological polar surface area (TPSA) is 63.4 Å². The second-order valence-electron chi connectivity index (χ2n) is 3.29. The predicted octanol–water partition coefficient (Wildman–Crippen LogP) is 0.840. The number of aromatic nitrogens is 1. The molecular formula is C10H18N4O. The predicted molar refractivity (Wildman–Crippen MR) is 61.8 cm³/mol. The molecule has 0 aliphatic heterocycles. The number of hydrogen-bond donors (Lipinski definition) is 2. The molecule has 0 saturated heterocycles. The zero-order chi connectivity index (χ0) is 11.1. The van der Waals surface area contributed by atoms with E-state index in [0.29, 0.717) is 5.82 Å². The highest BCUT2D eigenvalue weighted by Crippen LogP contribution is 2.12. The van der Waals surface area contributed by atoms with Crippen molar-refractivity contribution in [1.82, 2.24) is 4.98 Å². The zero-order valence-electron chi connectivity index (χ0n) is 9.23. The molecule has 1 heterocycles. The van der Waals surface area contributed by atoms with E-state index in [4.69, 9.17) is 10.6 Å². The van der Waals surface area contributed by atoms with Crippen LogP contribution < -0.4 is 16.2 Å². The summed E-state index contributed by atoms with van der Waals surface area (Å²) in [7, 11) is 3.70. The normalized spacial score (nSPS) is 10.1. The van der Waals surface area contributed by atoms with Crippen LogP contribution in [0.1, 0.15) is 6.42 Å². The minimum absolute atomic E-state index is 0.672. The van der Waals surface area contributed by atoms with Gasteiger partial charge in [0.25, 0.3) is 0 Å². The number of nitrogens with one attached hydrogen (secondary N) is 1. The third kappa shape index (κ3) is 3.73. The molecule has 84 valence electrons. The summed E-state index contributed by atoms with van der Waals surface area (Å²) in [5.41, 5.74) is 2.53. The van der Waals surface area contributed by atoms with Gasteiger partial charge >= 0.3 is 0 Å². The summed E-state index contributed by atoms with van der Waals surface area (Å²) in [6.45, 7) is 1.67. The minimum atomic E-state index is 0.672. The molecule has 0 aliphatic carbocycles. The third-order valence-corrected chi connectivity index (χ3v) is 2.12. The fourth-order valence-electron chi connectivity index (χ4n) is 1.28. The molecule has 5 heteroatoms. The van der Waals surface area contributed by atoms with Crippen LogP contribution in [-0.2, 0) is 4.74 Å². The Balaban J connectivity index is 2.52. The molecule has 1 aromatic rings. The first kappa shape index (κ1) is 11.7. The van der Waals surface area contributed by atoms with E-state index in [1.165, 1.54) is 0 Å². The van der Waals surface area contributed by atoms with Crippen LogP contribution in [0.4, 0.5) is 11.6 Å². The van der Waals surface area contributed by atoms with E-state index < -0.39 is 0 Å². The molecule has 0 radical (unpaired) electrons. The van der Waals surface area contributed by atoms with E-state index in [1.54, 1.807) is 7.11 Å². The van der Waals surface area contributed by atoms with E-state index in [9.17, 15) is 0 Å². The lowest BCUT2D eigenvalue weighted by Gasteiger charge is -2.18. The van der Waals surface area contributed by atoms with Crippen molar-refractivity contribution in [3.8, 4) is 0 Å². The largest absolute Gasteiger partial charge is 0.385 e. The molecule has 0 amide bonds. The Morgan fingerprint density at radius 1 is 1.53 bits per heavy atom. The standard InChI is InChI=1S/C10H18N4O/c1-14(7-4-8-15-2)10-6-3-5-9(12-10)13-11/h3,5-6H,4,7-8,11H2,1-2H3,(H,12,13). The highest BCUT2D eigenvalue weighted by Gasteiger charge is 2.02. The van der Waals surface area contributed by atoms with Crippen LogP contribution in [0.25, 0.3) is 0 Å². The molecule has 0 atom stereocenters. The van der Waals surface area contributed by atoms with Crippen molar-refractivity contribution >= 4 is 11.6 Å². The van der Waals surface area contributed by atoms with Crippen molar-refractivity contribution in [3.63, 3.8) is 0 Å². The lowest BCUT2D eigenvalue weighted by atomic mass is 10.3. The van der Waals surface area contributed by atoms with Crippen molar-refractivity contribution in [1.29, 1.82) is 0 Å². The Kier molecular flexibility index (Phi) is 4.86. The monoisotopic (exact) mass is 210 g/mol. The van der Waals surface area contributed by atoms with Crippen molar-refractivity contribution in [2.45, 2.75) is 6.42 Å². The lowest BCUT2D eigenvalue weighted by molar-refractivity contribution is 0.196. The fourth-order valence-corrected chi connectivity index (χ4v) is 1.28. The van der Waals surface area contributed by atoms with Gasteiger partial charge in [-0.3, -0.25) is 0 Å². The maximum absolute atomic E-state index is 5.29. The summed E-state index contributed by atoms with van der Waals surface area (Å²) in [6, 6.07) is 5.70. The Hall–Kier alpha value is -1.33. The Labute approximate surface area is 90.2 Å². The van der Waals surface area contributed by atoms with Crippen LogP contribution in [0.5, 0.6) is 0 Å². The number of methoxy groups -OCH3 is 1. The number of anilines is 2. The van der Waals surface area contributed by atoms with Crippen molar-refractivity contribution in [3.05, 3.63) is 18.2 Å². The summed E-state index contributed by atoms with van der Waals surface area (Å²) in [4.78, 5) is 6.39. The summed E-state index contributed by atoms with van der Waals surface area (Å²) in [6.07, 6.45) is 0.981. The van der Waals surface area contributed by atoms with Crippen LogP contribution in [-0.4, -0.2) is 32.3 Å². The second-order valence-corrected chi connectivity index (χ2v) is 3.29. The molecule has 1 rings (SSSR count). The first-order valence-electron chi connectivity index (χ1n) is 4.91. The third-order valence-electron chi connectivity index (χ3n) is 2.12. The first-order valence-corrected chi connectivity index (χ1v) is 4.91. The highest BCUT2D eigenvalue weighted by molar-refractivity contribution is 5.45. The molecule has 3 N–H and O–H groups in total. The second kappa shape index (κ2) is 6.21. The van der Waals surface area contributed by atoms with E-state index in [2.05, 4.69) is 15.3 Å². The van der Waals surface area contributed by atoms with Gasteiger partial charge in [0.15, 0.2) is 0 Å². The minimum Gasteiger partial charge on any atom is -0.385 e. The number of hydrogen-bond acceptors (Lipinski definition) is 5. The Morgan fingerprint density at radius 3 is 3.00 bits per heavy atom. The molecule has 0 spiro atoms. The Morgan fingerprint density at radius 2 is 2.33 bits per heavy atom. The van der Waals surface area contributed by atoms with Crippen molar-refractivity contribution in [2.75, 3.05) is 37.6 Å². The van der Waals surface area contributed by atoms with Gasteiger partial charge in [-0.15, -0.1) is 0 Å². The van der Waals surface area contributed by atoms with Gasteiger partial charge in [-0.05, 0) is 18.6 Å². The summed E-state index contributed by atoms with van der Waals surface area (Å²) < 4.78 is 4.99. The molecular weight excluding hydrogens is 192 g/mol. The fraction of sp³-hybridized carbons (Fsp3) is 0.500. The molecule has 0 fully saturated rings. The molecule has 0 aliphatic rings. The van der Waals surface area contributed by atoms with Gasteiger partial charge in [-0.2, -0.15) is 0 Å². The maximum Gasteiger partial charge on any atom is 0.142 e. The highest BCUT2D eigenvalue weighted by atomic mass is 16.5. The van der Waals surface area contributed by atoms with Crippen LogP contribution in [0.2, 0.25) is 0 Å². The molecule has 0 bridgehead atoms. The molecule has 0 saturated carbocycles. The molecule has 1 aromatic heterocycles. The van der Waals surface area contributed by atoms with E-state index in [0.717, 1.165) is 25.4 Å². The number of nitrogen functional groups attached to an aromatic ring is 1. The molecule has 0 aromatic carbocycles. The first-order chi connectivity index (χ1) is 7.27. The molecule has 5 nitrogen and oxygen atoms in total. The number of ether oxygens (including phenoxy) is 1. The van der Waals surface area contributed by atoms with E-state index >= 15 is 0 Å². The van der Waals surface area contributed by atoms with Crippen LogP contribution in [0.15, 0.2) is 18.2 Å². The Bertz CT molecular complexity index is 293. The number of pyridine rings is 1. The van der Waals surface area contributed by atoms with Gasteiger partial charge in [0.2, 0.25) is 0 Å². The van der Waals surface area contributed by atoms with Crippen LogP contribution in [0, 0.1) is 0 Å². The van der Waals surface area contributed by atoms with Gasteiger partial charge < -0.3 is 15.1 Å². The van der Waals surface area contributed by atoms with Gasteiger partial charge in [0, 0.05) is 27.3 Å². The molecule has 0 unspecified atom stereocenters. The number of hydrazine groups is 1. The summed E-state index contributed by atoms with van der Waals surface area (Å²) in [5.74, 6) is 6.87. The summed E-state index contributed by atoms with van der Waals surface area (Å²) >= 11 is 0. The summed E-state index contributed by atoms with van der Waals surface area (Å²) in [5, 5.41) is 0. The van der Waals surface area contributed by atoms with Gasteiger partial charge in [-0.25, -0.2) is 10.8 Å². The maximum atomic E-state index is 5.29. The van der Waals surface area contributed by atoms with Gasteiger partial charge in [0.1, 0.15) is 11.6 Å². The zero-order valence-corrected chi connectivity index (χ0v) is 9.23.